The maximum absolute atomic E-state index is 12.8. The third-order valence-corrected chi connectivity index (χ3v) is 4.52. The van der Waals surface area contributed by atoms with Gasteiger partial charge in [-0.3, -0.25) is 4.79 Å². The van der Waals surface area contributed by atoms with Gasteiger partial charge in [0.1, 0.15) is 0 Å². The number of fused-ring (bicyclic) bond motifs is 1. The van der Waals surface area contributed by atoms with Crippen molar-refractivity contribution < 1.29 is 24.2 Å². The molecule has 2 aromatic carbocycles. The van der Waals surface area contributed by atoms with Crippen LogP contribution in [0.15, 0.2) is 47.1 Å². The van der Waals surface area contributed by atoms with Crippen LogP contribution in [0.5, 0.6) is 11.5 Å². The molecule has 2 heterocycles. The lowest BCUT2D eigenvalue weighted by Crippen LogP contribution is -2.21. The summed E-state index contributed by atoms with van der Waals surface area (Å²) in [6.07, 6.45) is 1.63. The van der Waals surface area contributed by atoms with E-state index in [2.05, 4.69) is 5.10 Å². The molecular formula is C19H13ClN2O5. The van der Waals surface area contributed by atoms with Crippen molar-refractivity contribution in [1.29, 1.82) is 0 Å². The van der Waals surface area contributed by atoms with E-state index < -0.39 is 5.97 Å². The summed E-state index contributed by atoms with van der Waals surface area (Å²) in [5, 5.41) is 15.0. The van der Waals surface area contributed by atoms with Crippen LogP contribution < -0.4 is 14.5 Å². The molecule has 0 fully saturated rings. The van der Waals surface area contributed by atoms with Crippen molar-refractivity contribution in [1.82, 2.24) is 0 Å². The Kier molecular flexibility index (Phi) is 4.08. The van der Waals surface area contributed by atoms with E-state index >= 15 is 0 Å². The molecule has 0 saturated heterocycles. The molecule has 0 bridgehead atoms. The molecule has 1 N–H and O–H groups in total. The van der Waals surface area contributed by atoms with Crippen molar-refractivity contribution >= 4 is 41.0 Å². The fraction of sp³-hybridized carbons (Fsp3) is 0.105. The fourth-order valence-corrected chi connectivity index (χ4v) is 3.04. The first-order valence-electron chi connectivity index (χ1n) is 7.98. The van der Waals surface area contributed by atoms with Crippen molar-refractivity contribution in [3.05, 3.63) is 58.1 Å². The highest BCUT2D eigenvalue weighted by Gasteiger charge is 2.29. The van der Waals surface area contributed by atoms with Gasteiger partial charge in [-0.05, 0) is 42.8 Å². The molecule has 2 aromatic rings. The van der Waals surface area contributed by atoms with Crippen molar-refractivity contribution in [3.8, 4) is 11.5 Å². The van der Waals surface area contributed by atoms with E-state index in [1.165, 1.54) is 17.1 Å². The minimum Gasteiger partial charge on any atom is -0.478 e. The first-order valence-corrected chi connectivity index (χ1v) is 8.36. The van der Waals surface area contributed by atoms with Crippen molar-refractivity contribution in [3.63, 3.8) is 0 Å². The van der Waals surface area contributed by atoms with Gasteiger partial charge in [0, 0.05) is 6.07 Å². The van der Waals surface area contributed by atoms with Crippen LogP contribution in [-0.2, 0) is 4.79 Å². The van der Waals surface area contributed by atoms with Crippen LogP contribution in [0.25, 0.3) is 6.08 Å². The second kappa shape index (κ2) is 6.44. The third-order valence-electron chi connectivity index (χ3n) is 4.19. The zero-order valence-corrected chi connectivity index (χ0v) is 14.9. The number of hydrogen-bond donors (Lipinski definition) is 1. The summed E-state index contributed by atoms with van der Waals surface area (Å²) in [5.74, 6) is -0.342. The Morgan fingerprint density at radius 2 is 2.00 bits per heavy atom. The molecule has 0 aliphatic carbocycles. The van der Waals surface area contributed by atoms with Gasteiger partial charge in [0.25, 0.3) is 5.91 Å². The number of rotatable bonds is 3. The number of aromatic carboxylic acids is 1. The van der Waals surface area contributed by atoms with Crippen LogP contribution in [0.2, 0.25) is 5.02 Å². The number of carbonyl (C=O) groups is 2. The minimum atomic E-state index is -1.08. The standard InChI is InChI=1S/C19H13ClN2O5/c1-10-14(6-12-7-16-17(8-15(12)20)27-9-26-16)18(23)22(21-10)13-4-2-3-11(5-13)19(24)25/h2-8H,9H2,1H3,(H,24,25)/b14-6+. The van der Waals surface area contributed by atoms with E-state index in [9.17, 15) is 9.59 Å². The number of carbonyl (C=O) groups excluding carboxylic acids is 1. The van der Waals surface area contributed by atoms with Gasteiger partial charge in [-0.1, -0.05) is 17.7 Å². The van der Waals surface area contributed by atoms with Gasteiger partial charge in [-0.15, -0.1) is 0 Å². The van der Waals surface area contributed by atoms with E-state index in [1.54, 1.807) is 37.3 Å². The van der Waals surface area contributed by atoms with Gasteiger partial charge in [-0.2, -0.15) is 10.1 Å². The van der Waals surface area contributed by atoms with Gasteiger partial charge in [0.05, 0.1) is 27.6 Å². The van der Waals surface area contributed by atoms with E-state index in [0.29, 0.717) is 39.1 Å². The molecule has 0 saturated carbocycles. The van der Waals surface area contributed by atoms with Crippen molar-refractivity contribution in [2.45, 2.75) is 6.92 Å². The number of carboxylic acid groups (broad SMARTS) is 1. The minimum absolute atomic E-state index is 0.0735. The number of hydrogen-bond acceptors (Lipinski definition) is 5. The fourth-order valence-electron chi connectivity index (χ4n) is 2.83. The van der Waals surface area contributed by atoms with Crippen molar-refractivity contribution in [2.75, 3.05) is 11.8 Å². The summed E-state index contributed by atoms with van der Waals surface area (Å²) >= 11 is 6.28. The zero-order valence-electron chi connectivity index (χ0n) is 14.1. The highest BCUT2D eigenvalue weighted by Crippen LogP contribution is 2.38. The maximum Gasteiger partial charge on any atom is 0.335 e. The first-order chi connectivity index (χ1) is 12.9. The Bertz CT molecular complexity index is 1040. The highest BCUT2D eigenvalue weighted by atomic mass is 35.5. The van der Waals surface area contributed by atoms with Crippen LogP contribution in [0.3, 0.4) is 0 Å². The first kappa shape index (κ1) is 17.1. The number of amides is 1. The van der Waals surface area contributed by atoms with E-state index in [1.807, 2.05) is 0 Å². The second-order valence-electron chi connectivity index (χ2n) is 5.94. The smallest absolute Gasteiger partial charge is 0.335 e. The molecule has 27 heavy (non-hydrogen) atoms. The predicted octanol–water partition coefficient (Wildman–Crippen LogP) is 3.57. The van der Waals surface area contributed by atoms with Crippen LogP contribution in [0, 0.1) is 0 Å². The molecule has 4 rings (SSSR count). The van der Waals surface area contributed by atoms with Gasteiger partial charge < -0.3 is 14.6 Å². The number of carboxylic acids is 1. The van der Waals surface area contributed by atoms with Crippen LogP contribution >= 0.6 is 11.6 Å². The second-order valence-corrected chi connectivity index (χ2v) is 6.35. The zero-order chi connectivity index (χ0) is 19.1. The Morgan fingerprint density at radius 3 is 2.74 bits per heavy atom. The molecule has 0 atom stereocenters. The normalized spacial score (nSPS) is 16.8. The molecule has 0 aromatic heterocycles. The third kappa shape index (κ3) is 3.02. The number of benzene rings is 2. The largest absolute Gasteiger partial charge is 0.478 e. The molecule has 0 unspecified atom stereocenters. The molecule has 2 aliphatic heterocycles. The Morgan fingerprint density at radius 1 is 1.26 bits per heavy atom. The summed E-state index contributed by atoms with van der Waals surface area (Å²) < 4.78 is 10.6. The summed E-state index contributed by atoms with van der Waals surface area (Å²) in [7, 11) is 0. The lowest BCUT2D eigenvalue weighted by molar-refractivity contribution is -0.114. The van der Waals surface area contributed by atoms with Gasteiger partial charge in [-0.25, -0.2) is 4.79 Å². The molecule has 136 valence electrons. The summed E-state index contributed by atoms with van der Waals surface area (Å²) in [6.45, 7) is 1.82. The molecule has 0 spiro atoms. The van der Waals surface area contributed by atoms with Gasteiger partial charge in [0.2, 0.25) is 6.79 Å². The summed E-state index contributed by atoms with van der Waals surface area (Å²) in [6, 6.07) is 9.37. The van der Waals surface area contributed by atoms with E-state index in [0.717, 1.165) is 0 Å². The van der Waals surface area contributed by atoms with Gasteiger partial charge in [0.15, 0.2) is 11.5 Å². The number of hydrazone groups is 1. The van der Waals surface area contributed by atoms with Gasteiger partial charge >= 0.3 is 5.97 Å². The summed E-state index contributed by atoms with van der Waals surface area (Å²) in [4.78, 5) is 24.0. The monoisotopic (exact) mass is 384 g/mol. The van der Waals surface area contributed by atoms with Crippen LogP contribution in [-0.4, -0.2) is 29.5 Å². The number of nitrogens with zero attached hydrogens (tertiary/aromatic N) is 2. The quantitative estimate of drug-likeness (QED) is 0.817. The average Bonchev–Trinajstić information content (AvgIpc) is 3.20. The highest BCUT2D eigenvalue weighted by molar-refractivity contribution is 6.35. The maximum atomic E-state index is 12.8. The Balaban J connectivity index is 1.70. The van der Waals surface area contributed by atoms with Crippen LogP contribution in [0.1, 0.15) is 22.8 Å². The lowest BCUT2D eigenvalue weighted by atomic mass is 10.1. The number of anilines is 1. The average molecular weight is 385 g/mol. The van der Waals surface area contributed by atoms with E-state index in [-0.39, 0.29) is 18.3 Å². The predicted molar refractivity (Wildman–Crippen MR) is 99.5 cm³/mol. The Labute approximate surface area is 159 Å². The molecule has 0 radical (unpaired) electrons. The number of halogens is 1. The molecule has 7 nitrogen and oxygen atoms in total. The lowest BCUT2D eigenvalue weighted by Gasteiger charge is -2.12. The molecule has 2 aliphatic rings. The SMILES string of the molecule is CC1=NN(c2cccc(C(=O)O)c2)C(=O)/C1=C/c1cc2c(cc1Cl)OCO2. The van der Waals surface area contributed by atoms with E-state index in [4.69, 9.17) is 26.2 Å². The molecule has 1 amide bonds. The van der Waals surface area contributed by atoms with Crippen LogP contribution in [0.4, 0.5) is 5.69 Å². The Hall–Kier alpha value is -3.32. The molecular weight excluding hydrogens is 372 g/mol. The summed E-state index contributed by atoms with van der Waals surface area (Å²) in [5.41, 5.74) is 1.90. The molecule has 8 heteroatoms. The number of ether oxygens (including phenoxy) is 2. The topological polar surface area (TPSA) is 88.4 Å². The van der Waals surface area contributed by atoms with Crippen molar-refractivity contribution in [2.24, 2.45) is 5.10 Å².